The zero-order valence-electron chi connectivity index (χ0n) is 10.8. The van der Waals surface area contributed by atoms with Crippen LogP contribution in [0.1, 0.15) is 16.8 Å². The zero-order valence-corrected chi connectivity index (χ0v) is 10.8. The fourth-order valence-electron chi connectivity index (χ4n) is 2.09. The van der Waals surface area contributed by atoms with Gasteiger partial charge in [-0.3, -0.25) is 0 Å². The topological polar surface area (TPSA) is 45.5 Å². The van der Waals surface area contributed by atoms with Crippen LogP contribution in [0.2, 0.25) is 0 Å². The third-order valence-electron chi connectivity index (χ3n) is 3.02. The molecule has 1 N–H and O–H groups in total. The van der Waals surface area contributed by atoms with Crippen molar-refractivity contribution in [2.45, 2.75) is 13.0 Å². The predicted octanol–water partition coefficient (Wildman–Crippen LogP) is 2.29. The van der Waals surface area contributed by atoms with Gasteiger partial charge in [-0.05, 0) is 51.3 Å². The minimum Gasteiger partial charge on any atom is -0.478 e. The van der Waals surface area contributed by atoms with Crippen LogP contribution in [0.15, 0.2) is 30.5 Å². The Morgan fingerprint density at radius 1 is 1.33 bits per heavy atom. The van der Waals surface area contributed by atoms with Crippen LogP contribution in [-0.2, 0) is 6.54 Å². The van der Waals surface area contributed by atoms with E-state index in [1.165, 1.54) is 0 Å². The van der Waals surface area contributed by atoms with Crippen LogP contribution in [0.25, 0.3) is 10.9 Å². The third kappa shape index (κ3) is 2.71. The lowest BCUT2D eigenvalue weighted by atomic mass is 10.1. The molecular weight excluding hydrogens is 228 g/mol. The molecule has 0 atom stereocenters. The molecule has 0 saturated heterocycles. The molecule has 1 aromatic carbocycles. The minimum atomic E-state index is -0.878. The molecule has 4 heteroatoms. The highest BCUT2D eigenvalue weighted by Crippen LogP contribution is 2.18. The molecule has 0 unspecified atom stereocenters. The van der Waals surface area contributed by atoms with Crippen LogP contribution in [-0.4, -0.2) is 41.2 Å². The average molecular weight is 246 g/mol. The van der Waals surface area contributed by atoms with Gasteiger partial charge in [0.15, 0.2) is 0 Å². The largest absolute Gasteiger partial charge is 0.478 e. The van der Waals surface area contributed by atoms with Gasteiger partial charge in [-0.15, -0.1) is 0 Å². The Labute approximate surface area is 106 Å². The lowest BCUT2D eigenvalue weighted by Crippen LogP contribution is -2.14. The summed E-state index contributed by atoms with van der Waals surface area (Å²) in [5, 5.41) is 9.93. The van der Waals surface area contributed by atoms with Crippen LogP contribution >= 0.6 is 0 Å². The predicted molar refractivity (Wildman–Crippen MR) is 72.1 cm³/mol. The molecule has 0 aliphatic rings. The number of aromatic nitrogens is 1. The number of aromatic carboxylic acids is 1. The third-order valence-corrected chi connectivity index (χ3v) is 3.02. The Hall–Kier alpha value is -1.81. The first-order chi connectivity index (χ1) is 8.58. The van der Waals surface area contributed by atoms with E-state index in [0.29, 0.717) is 5.56 Å². The molecule has 0 aliphatic carbocycles. The van der Waals surface area contributed by atoms with Gasteiger partial charge in [-0.1, -0.05) is 0 Å². The Morgan fingerprint density at radius 2 is 2.11 bits per heavy atom. The second-order valence-electron chi connectivity index (χ2n) is 4.74. The number of aryl methyl sites for hydroxylation is 1. The van der Waals surface area contributed by atoms with Gasteiger partial charge in [-0.2, -0.15) is 0 Å². The molecule has 0 saturated carbocycles. The number of carboxylic acids is 1. The molecule has 0 amide bonds. The van der Waals surface area contributed by atoms with E-state index in [9.17, 15) is 4.79 Å². The first-order valence-corrected chi connectivity index (χ1v) is 6.05. The summed E-state index contributed by atoms with van der Waals surface area (Å²) in [5.74, 6) is -0.878. The monoisotopic (exact) mass is 246 g/mol. The van der Waals surface area contributed by atoms with Crippen molar-refractivity contribution < 1.29 is 9.90 Å². The summed E-state index contributed by atoms with van der Waals surface area (Å²) in [6.07, 6.45) is 3.10. The number of hydrogen-bond acceptors (Lipinski definition) is 2. The fourth-order valence-corrected chi connectivity index (χ4v) is 2.09. The maximum atomic E-state index is 10.9. The van der Waals surface area contributed by atoms with Gasteiger partial charge in [0.2, 0.25) is 0 Å². The van der Waals surface area contributed by atoms with E-state index in [0.717, 1.165) is 30.4 Å². The normalized spacial score (nSPS) is 11.3. The van der Waals surface area contributed by atoms with Gasteiger partial charge < -0.3 is 14.6 Å². The first-order valence-electron chi connectivity index (χ1n) is 6.05. The fraction of sp³-hybridized carbons (Fsp3) is 0.357. The van der Waals surface area contributed by atoms with Crippen LogP contribution in [0.4, 0.5) is 0 Å². The van der Waals surface area contributed by atoms with Crippen LogP contribution < -0.4 is 0 Å². The second kappa shape index (κ2) is 5.23. The molecule has 2 rings (SSSR count). The molecule has 0 bridgehead atoms. The van der Waals surface area contributed by atoms with Crippen molar-refractivity contribution in [2.24, 2.45) is 0 Å². The molecule has 0 fully saturated rings. The summed E-state index contributed by atoms with van der Waals surface area (Å²) in [4.78, 5) is 13.0. The number of carbonyl (C=O) groups is 1. The highest BCUT2D eigenvalue weighted by atomic mass is 16.4. The molecular formula is C14H18N2O2. The van der Waals surface area contributed by atoms with Gasteiger partial charge >= 0.3 is 5.97 Å². The summed E-state index contributed by atoms with van der Waals surface area (Å²) in [6.45, 7) is 2.00. The van der Waals surface area contributed by atoms with E-state index >= 15 is 0 Å². The van der Waals surface area contributed by atoms with Crippen molar-refractivity contribution in [3.05, 3.63) is 36.0 Å². The molecule has 0 aliphatic heterocycles. The van der Waals surface area contributed by atoms with Crippen molar-refractivity contribution in [1.82, 2.24) is 9.47 Å². The van der Waals surface area contributed by atoms with Crippen LogP contribution in [0, 0.1) is 0 Å². The Morgan fingerprint density at radius 3 is 2.78 bits per heavy atom. The zero-order chi connectivity index (χ0) is 13.1. The van der Waals surface area contributed by atoms with E-state index in [1.54, 1.807) is 12.1 Å². The number of carboxylic acid groups (broad SMARTS) is 1. The van der Waals surface area contributed by atoms with Gasteiger partial charge in [0.05, 0.1) is 5.56 Å². The number of nitrogens with zero attached hydrogens (tertiary/aromatic N) is 2. The summed E-state index contributed by atoms with van der Waals surface area (Å²) in [5.41, 5.74) is 1.44. The smallest absolute Gasteiger partial charge is 0.335 e. The number of rotatable bonds is 5. The van der Waals surface area contributed by atoms with Crippen LogP contribution in [0.5, 0.6) is 0 Å². The van der Waals surface area contributed by atoms with E-state index in [2.05, 4.69) is 23.6 Å². The lowest BCUT2D eigenvalue weighted by Gasteiger charge is -2.10. The molecule has 4 nitrogen and oxygen atoms in total. The van der Waals surface area contributed by atoms with E-state index < -0.39 is 5.97 Å². The Balaban J connectivity index is 2.18. The van der Waals surface area contributed by atoms with E-state index in [-0.39, 0.29) is 0 Å². The van der Waals surface area contributed by atoms with Crippen molar-refractivity contribution in [2.75, 3.05) is 20.6 Å². The number of hydrogen-bond donors (Lipinski definition) is 1. The Bertz CT molecular complexity index is 558. The van der Waals surface area contributed by atoms with Gasteiger partial charge in [0, 0.05) is 23.6 Å². The highest BCUT2D eigenvalue weighted by molar-refractivity contribution is 5.93. The molecule has 2 aromatic rings. The average Bonchev–Trinajstić information content (AvgIpc) is 2.71. The number of benzene rings is 1. The van der Waals surface area contributed by atoms with Gasteiger partial charge in [0.1, 0.15) is 0 Å². The molecule has 0 spiro atoms. The standard InChI is InChI=1S/C14H18N2O2/c1-15(2)7-3-8-16-9-6-11-10-12(14(17)18)4-5-13(11)16/h4-6,9-10H,3,7-8H2,1-2H3,(H,17,18). The summed E-state index contributed by atoms with van der Waals surface area (Å²) in [6, 6.07) is 7.24. The van der Waals surface area contributed by atoms with Crippen LogP contribution in [0.3, 0.4) is 0 Å². The molecule has 0 radical (unpaired) electrons. The van der Waals surface area contributed by atoms with Gasteiger partial charge in [-0.25, -0.2) is 4.79 Å². The summed E-state index contributed by atoms with van der Waals surface area (Å²) < 4.78 is 2.17. The van der Waals surface area contributed by atoms with Crippen molar-refractivity contribution in [3.8, 4) is 0 Å². The quantitative estimate of drug-likeness (QED) is 0.880. The Kier molecular flexibility index (Phi) is 3.67. The van der Waals surface area contributed by atoms with Crippen molar-refractivity contribution in [3.63, 3.8) is 0 Å². The molecule has 1 heterocycles. The lowest BCUT2D eigenvalue weighted by molar-refractivity contribution is 0.0697. The summed E-state index contributed by atoms with van der Waals surface area (Å²) >= 11 is 0. The SMILES string of the molecule is CN(C)CCCn1ccc2cc(C(=O)O)ccc21. The maximum absolute atomic E-state index is 10.9. The van der Waals surface area contributed by atoms with Gasteiger partial charge in [0.25, 0.3) is 0 Å². The second-order valence-corrected chi connectivity index (χ2v) is 4.74. The molecule has 1 aromatic heterocycles. The molecule has 18 heavy (non-hydrogen) atoms. The van der Waals surface area contributed by atoms with Crippen molar-refractivity contribution in [1.29, 1.82) is 0 Å². The highest BCUT2D eigenvalue weighted by Gasteiger charge is 2.06. The molecule has 96 valence electrons. The first kappa shape index (κ1) is 12.6. The number of fused-ring (bicyclic) bond motifs is 1. The minimum absolute atomic E-state index is 0.341. The van der Waals surface area contributed by atoms with E-state index in [4.69, 9.17) is 5.11 Å². The summed E-state index contributed by atoms with van der Waals surface area (Å²) in [7, 11) is 4.12. The maximum Gasteiger partial charge on any atom is 0.335 e. The van der Waals surface area contributed by atoms with E-state index in [1.807, 2.05) is 18.3 Å². The van der Waals surface area contributed by atoms with Crippen molar-refractivity contribution >= 4 is 16.9 Å².